The van der Waals surface area contributed by atoms with Crippen LogP contribution in [-0.4, -0.2) is 83.7 Å². The number of piperidine rings is 1. The zero-order chi connectivity index (χ0) is 24.7. The third-order valence-corrected chi connectivity index (χ3v) is 7.35. The molecule has 2 heterocycles. The number of ether oxygens (including phenoxy) is 1. The number of carbonyl (C=O) groups is 1. The maximum Gasteiger partial charge on any atom is 0.236 e. The van der Waals surface area contributed by atoms with E-state index >= 15 is 0 Å². The SMILES string of the molecule is CCOc1cccc(F)c1CN1CCN(C(=O)CN2CCC(O)(CCc3ccccc3)CC2)CC1. The predicted molar refractivity (Wildman–Crippen MR) is 135 cm³/mol. The number of hydrogen-bond acceptors (Lipinski definition) is 5. The highest BCUT2D eigenvalue weighted by Crippen LogP contribution is 2.28. The molecular formula is C28H38FN3O3. The summed E-state index contributed by atoms with van der Waals surface area (Å²) in [6.45, 7) is 7.48. The minimum Gasteiger partial charge on any atom is -0.493 e. The Morgan fingerprint density at radius 3 is 2.37 bits per heavy atom. The number of hydrogen-bond donors (Lipinski definition) is 1. The van der Waals surface area contributed by atoms with E-state index in [2.05, 4.69) is 21.9 Å². The third kappa shape index (κ3) is 7.03. The van der Waals surface area contributed by atoms with Gasteiger partial charge in [0.25, 0.3) is 0 Å². The lowest BCUT2D eigenvalue weighted by molar-refractivity contribution is -0.135. The Balaban J connectivity index is 1.19. The maximum atomic E-state index is 14.4. The van der Waals surface area contributed by atoms with Gasteiger partial charge in [-0.1, -0.05) is 36.4 Å². The molecule has 2 aromatic rings. The van der Waals surface area contributed by atoms with E-state index < -0.39 is 5.60 Å². The molecule has 2 aliphatic heterocycles. The molecule has 190 valence electrons. The van der Waals surface area contributed by atoms with Crippen molar-refractivity contribution in [2.24, 2.45) is 0 Å². The Morgan fingerprint density at radius 1 is 0.971 bits per heavy atom. The van der Waals surface area contributed by atoms with Crippen LogP contribution >= 0.6 is 0 Å². The van der Waals surface area contributed by atoms with Gasteiger partial charge in [0.05, 0.1) is 18.8 Å². The van der Waals surface area contributed by atoms with E-state index in [9.17, 15) is 14.3 Å². The van der Waals surface area contributed by atoms with E-state index in [0.29, 0.717) is 70.0 Å². The number of amides is 1. The molecule has 2 saturated heterocycles. The minimum absolute atomic E-state index is 0.139. The number of likely N-dealkylation sites (tertiary alicyclic amines) is 1. The quantitative estimate of drug-likeness (QED) is 0.593. The van der Waals surface area contributed by atoms with Crippen LogP contribution in [0.5, 0.6) is 5.75 Å². The number of aliphatic hydroxyl groups is 1. The first kappa shape index (κ1) is 25.6. The summed E-state index contributed by atoms with van der Waals surface area (Å²) >= 11 is 0. The molecule has 4 rings (SSSR count). The van der Waals surface area contributed by atoms with E-state index in [0.717, 1.165) is 25.9 Å². The van der Waals surface area contributed by atoms with Crippen LogP contribution < -0.4 is 4.74 Å². The highest BCUT2D eigenvalue weighted by atomic mass is 19.1. The molecule has 2 fully saturated rings. The van der Waals surface area contributed by atoms with Gasteiger partial charge in [0.15, 0.2) is 0 Å². The molecule has 0 saturated carbocycles. The van der Waals surface area contributed by atoms with Crippen molar-refractivity contribution in [1.29, 1.82) is 0 Å². The van der Waals surface area contributed by atoms with Crippen molar-refractivity contribution in [3.8, 4) is 5.75 Å². The summed E-state index contributed by atoms with van der Waals surface area (Å²) in [6, 6.07) is 15.2. The Hall–Kier alpha value is -2.48. The summed E-state index contributed by atoms with van der Waals surface area (Å²) in [5.74, 6) is 0.489. The Kier molecular flexibility index (Phi) is 8.76. The Labute approximate surface area is 208 Å². The first-order chi connectivity index (χ1) is 17.0. The Bertz CT molecular complexity index is 955. The van der Waals surface area contributed by atoms with E-state index in [1.54, 1.807) is 6.07 Å². The lowest BCUT2D eigenvalue weighted by Gasteiger charge is -2.40. The molecule has 0 unspecified atom stereocenters. The molecule has 0 spiro atoms. The van der Waals surface area contributed by atoms with Crippen LogP contribution in [0, 0.1) is 5.82 Å². The molecule has 1 N–H and O–H groups in total. The van der Waals surface area contributed by atoms with Crippen LogP contribution in [-0.2, 0) is 17.8 Å². The summed E-state index contributed by atoms with van der Waals surface area (Å²) in [7, 11) is 0. The zero-order valence-electron chi connectivity index (χ0n) is 20.8. The third-order valence-electron chi connectivity index (χ3n) is 7.35. The number of aryl methyl sites for hydroxylation is 1. The number of halogens is 1. The van der Waals surface area contributed by atoms with Crippen LogP contribution in [0.4, 0.5) is 4.39 Å². The van der Waals surface area contributed by atoms with Gasteiger partial charge >= 0.3 is 0 Å². The van der Waals surface area contributed by atoms with Crippen LogP contribution in [0.1, 0.15) is 37.3 Å². The fourth-order valence-corrected chi connectivity index (χ4v) is 5.05. The smallest absolute Gasteiger partial charge is 0.236 e. The second kappa shape index (κ2) is 12.0. The fraction of sp³-hybridized carbons (Fsp3) is 0.536. The number of nitrogens with zero attached hydrogens (tertiary/aromatic N) is 3. The molecule has 35 heavy (non-hydrogen) atoms. The molecule has 7 heteroatoms. The fourth-order valence-electron chi connectivity index (χ4n) is 5.05. The van der Waals surface area contributed by atoms with Gasteiger partial charge < -0.3 is 14.7 Å². The number of carbonyl (C=O) groups excluding carboxylic acids is 1. The van der Waals surface area contributed by atoms with Crippen molar-refractivity contribution in [3.05, 3.63) is 65.5 Å². The van der Waals surface area contributed by atoms with Gasteiger partial charge in [-0.3, -0.25) is 14.6 Å². The molecule has 2 aliphatic rings. The van der Waals surface area contributed by atoms with Crippen molar-refractivity contribution in [1.82, 2.24) is 14.7 Å². The zero-order valence-corrected chi connectivity index (χ0v) is 20.8. The molecular weight excluding hydrogens is 445 g/mol. The van der Waals surface area contributed by atoms with Crippen molar-refractivity contribution in [2.45, 2.75) is 44.8 Å². The molecule has 0 aliphatic carbocycles. The van der Waals surface area contributed by atoms with Crippen LogP contribution in [0.3, 0.4) is 0 Å². The van der Waals surface area contributed by atoms with Gasteiger partial charge in [-0.15, -0.1) is 0 Å². The van der Waals surface area contributed by atoms with E-state index in [-0.39, 0.29) is 11.7 Å². The Morgan fingerprint density at radius 2 is 1.69 bits per heavy atom. The average molecular weight is 484 g/mol. The van der Waals surface area contributed by atoms with E-state index in [1.807, 2.05) is 36.1 Å². The summed E-state index contributed by atoms with van der Waals surface area (Å²) < 4.78 is 20.0. The van der Waals surface area contributed by atoms with Gasteiger partial charge in [-0.05, 0) is 50.3 Å². The van der Waals surface area contributed by atoms with Crippen LogP contribution in [0.25, 0.3) is 0 Å². The van der Waals surface area contributed by atoms with Crippen molar-refractivity contribution < 1.29 is 19.0 Å². The number of rotatable bonds is 9. The molecule has 0 bridgehead atoms. The maximum absolute atomic E-state index is 14.4. The molecule has 0 radical (unpaired) electrons. The van der Waals surface area contributed by atoms with Gasteiger partial charge in [-0.25, -0.2) is 4.39 Å². The summed E-state index contributed by atoms with van der Waals surface area (Å²) in [5.41, 5.74) is 1.19. The lowest BCUT2D eigenvalue weighted by atomic mass is 9.86. The van der Waals surface area contributed by atoms with Crippen LogP contribution in [0.15, 0.2) is 48.5 Å². The van der Waals surface area contributed by atoms with Crippen molar-refractivity contribution >= 4 is 5.91 Å². The second-order valence-corrected chi connectivity index (χ2v) is 9.79. The predicted octanol–water partition coefficient (Wildman–Crippen LogP) is 3.33. The molecule has 0 aromatic heterocycles. The summed E-state index contributed by atoms with van der Waals surface area (Å²) in [4.78, 5) is 19.2. The molecule has 2 aromatic carbocycles. The van der Waals surface area contributed by atoms with Crippen molar-refractivity contribution in [2.75, 3.05) is 52.4 Å². The van der Waals surface area contributed by atoms with Crippen molar-refractivity contribution in [3.63, 3.8) is 0 Å². The van der Waals surface area contributed by atoms with Gasteiger partial charge in [0.1, 0.15) is 11.6 Å². The van der Waals surface area contributed by atoms with Gasteiger partial charge in [0.2, 0.25) is 5.91 Å². The highest BCUT2D eigenvalue weighted by molar-refractivity contribution is 5.78. The first-order valence-corrected chi connectivity index (χ1v) is 12.8. The van der Waals surface area contributed by atoms with Gasteiger partial charge in [0, 0.05) is 51.4 Å². The number of piperazine rings is 1. The van der Waals surface area contributed by atoms with Gasteiger partial charge in [-0.2, -0.15) is 0 Å². The lowest BCUT2D eigenvalue weighted by Crippen LogP contribution is -2.52. The standard InChI is InChI=1S/C28H38FN3O3/c1-2-35-26-10-6-9-25(29)24(26)21-31-17-19-32(20-18-31)27(33)22-30-15-13-28(34,14-16-30)12-11-23-7-4-3-5-8-23/h3-10,34H,2,11-22H2,1H3. The largest absolute Gasteiger partial charge is 0.493 e. The average Bonchev–Trinajstić information content (AvgIpc) is 2.88. The van der Waals surface area contributed by atoms with E-state index in [1.165, 1.54) is 11.6 Å². The van der Waals surface area contributed by atoms with E-state index in [4.69, 9.17) is 4.74 Å². The van der Waals surface area contributed by atoms with Crippen LogP contribution in [0.2, 0.25) is 0 Å². The first-order valence-electron chi connectivity index (χ1n) is 12.8. The second-order valence-electron chi connectivity index (χ2n) is 9.79. The normalized spacial score (nSPS) is 19.0. The summed E-state index contributed by atoms with van der Waals surface area (Å²) in [5, 5.41) is 11.0. The number of benzene rings is 2. The topological polar surface area (TPSA) is 56.2 Å². The minimum atomic E-state index is -0.645. The molecule has 0 atom stereocenters. The monoisotopic (exact) mass is 483 g/mol. The highest BCUT2D eigenvalue weighted by Gasteiger charge is 2.33. The molecule has 6 nitrogen and oxygen atoms in total. The summed E-state index contributed by atoms with van der Waals surface area (Å²) in [6.07, 6.45) is 3.03. The molecule has 1 amide bonds.